The highest BCUT2D eigenvalue weighted by Gasteiger charge is 2.34. The number of amides is 2. The average Bonchev–Trinajstić information content (AvgIpc) is 2.26. The zero-order valence-electron chi connectivity index (χ0n) is 9.66. The van der Waals surface area contributed by atoms with E-state index in [2.05, 4.69) is 5.32 Å². The van der Waals surface area contributed by atoms with Gasteiger partial charge in [-0.1, -0.05) is 26.2 Å². The molecule has 0 aromatic heterocycles. The molecule has 1 rings (SSSR count). The number of nitrogens with one attached hydrogen (secondary N) is 1. The van der Waals surface area contributed by atoms with Crippen LogP contribution in [0.2, 0.25) is 0 Å². The van der Waals surface area contributed by atoms with Crippen molar-refractivity contribution in [3.63, 3.8) is 0 Å². The third-order valence-electron chi connectivity index (χ3n) is 3.29. The van der Waals surface area contributed by atoms with E-state index < -0.39 is 12.0 Å². The average molecular weight is 228 g/mol. The summed E-state index contributed by atoms with van der Waals surface area (Å²) < 4.78 is 0. The zero-order valence-corrected chi connectivity index (χ0v) is 9.66. The van der Waals surface area contributed by atoms with E-state index in [-0.39, 0.29) is 17.9 Å². The van der Waals surface area contributed by atoms with Crippen LogP contribution >= 0.6 is 0 Å². The van der Waals surface area contributed by atoms with Crippen LogP contribution < -0.4 is 11.1 Å². The molecule has 0 spiro atoms. The molecule has 4 N–H and O–H groups in total. The van der Waals surface area contributed by atoms with Crippen molar-refractivity contribution in [2.75, 3.05) is 6.54 Å². The minimum absolute atomic E-state index is 0.0903. The van der Waals surface area contributed by atoms with Gasteiger partial charge >= 0.3 is 0 Å². The summed E-state index contributed by atoms with van der Waals surface area (Å²) in [6.07, 6.45) is 3.73. The van der Waals surface area contributed by atoms with Gasteiger partial charge in [0.05, 0.1) is 6.54 Å². The Hall–Kier alpha value is -1.10. The molecule has 2 amide bonds. The molecule has 0 aromatic carbocycles. The summed E-state index contributed by atoms with van der Waals surface area (Å²) in [5.41, 5.74) is 4.54. The minimum atomic E-state index is -1.30. The Labute approximate surface area is 95.4 Å². The SMILES string of the molecule is CC1(C(=O)NCC(O)C(N)=O)CCCCC1. The molecule has 1 unspecified atom stereocenters. The van der Waals surface area contributed by atoms with E-state index in [0.717, 1.165) is 25.7 Å². The molecule has 5 nitrogen and oxygen atoms in total. The summed E-state index contributed by atoms with van der Waals surface area (Å²) in [6, 6.07) is 0. The third-order valence-corrected chi connectivity index (χ3v) is 3.29. The molecule has 0 heterocycles. The summed E-state index contributed by atoms with van der Waals surface area (Å²) in [5, 5.41) is 11.8. The molecular weight excluding hydrogens is 208 g/mol. The second-order valence-corrected chi connectivity index (χ2v) is 4.75. The summed E-state index contributed by atoms with van der Waals surface area (Å²) in [5.74, 6) is -0.901. The smallest absolute Gasteiger partial charge is 0.248 e. The molecule has 16 heavy (non-hydrogen) atoms. The summed E-state index contributed by atoms with van der Waals surface area (Å²) >= 11 is 0. The van der Waals surface area contributed by atoms with Gasteiger partial charge in [-0.05, 0) is 12.8 Å². The third kappa shape index (κ3) is 3.20. The topological polar surface area (TPSA) is 92.4 Å². The van der Waals surface area contributed by atoms with Crippen molar-refractivity contribution in [3.05, 3.63) is 0 Å². The zero-order chi connectivity index (χ0) is 12.2. The van der Waals surface area contributed by atoms with E-state index in [4.69, 9.17) is 10.8 Å². The first-order valence-electron chi connectivity index (χ1n) is 5.71. The Morgan fingerprint density at radius 1 is 1.38 bits per heavy atom. The van der Waals surface area contributed by atoms with Gasteiger partial charge in [0.15, 0.2) is 0 Å². The maximum atomic E-state index is 11.9. The summed E-state index contributed by atoms with van der Waals surface area (Å²) in [6.45, 7) is 1.84. The number of aliphatic hydroxyl groups is 1. The maximum Gasteiger partial charge on any atom is 0.248 e. The van der Waals surface area contributed by atoms with Gasteiger partial charge in [-0.15, -0.1) is 0 Å². The van der Waals surface area contributed by atoms with E-state index in [1.54, 1.807) is 0 Å². The highest BCUT2D eigenvalue weighted by atomic mass is 16.3. The number of nitrogens with two attached hydrogens (primary N) is 1. The number of aliphatic hydroxyl groups excluding tert-OH is 1. The number of carbonyl (C=O) groups excluding carboxylic acids is 2. The molecule has 0 aromatic rings. The van der Waals surface area contributed by atoms with Gasteiger partial charge in [0.2, 0.25) is 11.8 Å². The molecule has 0 radical (unpaired) electrons. The largest absolute Gasteiger partial charge is 0.381 e. The number of primary amides is 1. The lowest BCUT2D eigenvalue weighted by atomic mass is 9.75. The lowest BCUT2D eigenvalue weighted by Crippen LogP contribution is -2.46. The molecular formula is C11H20N2O3. The predicted molar refractivity (Wildman–Crippen MR) is 59.4 cm³/mol. The number of hydrogen-bond donors (Lipinski definition) is 3. The Bertz CT molecular complexity index is 272. The van der Waals surface area contributed by atoms with E-state index in [1.807, 2.05) is 6.92 Å². The first-order chi connectivity index (χ1) is 7.46. The van der Waals surface area contributed by atoms with Gasteiger partial charge in [0.1, 0.15) is 6.10 Å². The van der Waals surface area contributed by atoms with Crippen molar-refractivity contribution < 1.29 is 14.7 Å². The summed E-state index contributed by atoms with van der Waals surface area (Å²) in [7, 11) is 0. The number of rotatable bonds is 4. The fourth-order valence-corrected chi connectivity index (χ4v) is 2.06. The summed E-state index contributed by atoms with van der Waals surface area (Å²) in [4.78, 5) is 22.5. The van der Waals surface area contributed by atoms with Crippen LogP contribution in [0.3, 0.4) is 0 Å². The Morgan fingerprint density at radius 2 is 1.94 bits per heavy atom. The van der Waals surface area contributed by atoms with Gasteiger partial charge in [-0.3, -0.25) is 9.59 Å². The van der Waals surface area contributed by atoms with Crippen molar-refractivity contribution in [1.29, 1.82) is 0 Å². The number of carbonyl (C=O) groups is 2. The minimum Gasteiger partial charge on any atom is -0.381 e. The van der Waals surface area contributed by atoms with E-state index in [9.17, 15) is 9.59 Å². The highest BCUT2D eigenvalue weighted by molar-refractivity contribution is 5.84. The van der Waals surface area contributed by atoms with Crippen LogP contribution in [0.5, 0.6) is 0 Å². The second-order valence-electron chi connectivity index (χ2n) is 4.75. The Morgan fingerprint density at radius 3 is 2.44 bits per heavy atom. The molecule has 1 aliphatic carbocycles. The molecule has 0 saturated heterocycles. The first kappa shape index (κ1) is 13.0. The van der Waals surface area contributed by atoms with Crippen LogP contribution in [0.4, 0.5) is 0 Å². The monoisotopic (exact) mass is 228 g/mol. The van der Waals surface area contributed by atoms with Crippen molar-refractivity contribution in [2.24, 2.45) is 11.1 Å². The molecule has 1 atom stereocenters. The molecule has 1 fully saturated rings. The van der Waals surface area contributed by atoms with Gasteiger partial charge in [0.25, 0.3) is 0 Å². The van der Waals surface area contributed by atoms with E-state index in [0.29, 0.717) is 0 Å². The van der Waals surface area contributed by atoms with Gasteiger partial charge in [-0.2, -0.15) is 0 Å². The van der Waals surface area contributed by atoms with Crippen molar-refractivity contribution in [2.45, 2.75) is 45.1 Å². The molecule has 92 valence electrons. The van der Waals surface area contributed by atoms with Crippen LogP contribution in [-0.2, 0) is 9.59 Å². The highest BCUT2D eigenvalue weighted by Crippen LogP contribution is 2.35. The Kier molecular flexibility index (Phi) is 4.29. The van der Waals surface area contributed by atoms with Crippen molar-refractivity contribution >= 4 is 11.8 Å². The van der Waals surface area contributed by atoms with Crippen LogP contribution in [0.25, 0.3) is 0 Å². The lowest BCUT2D eigenvalue weighted by Gasteiger charge is -2.32. The van der Waals surface area contributed by atoms with E-state index in [1.165, 1.54) is 6.42 Å². The maximum absolute atomic E-state index is 11.9. The molecule has 0 bridgehead atoms. The quantitative estimate of drug-likeness (QED) is 0.628. The predicted octanol–water partition coefficient (Wildman–Crippen LogP) is -0.0808. The van der Waals surface area contributed by atoms with Crippen LogP contribution in [0.15, 0.2) is 0 Å². The molecule has 0 aliphatic heterocycles. The van der Waals surface area contributed by atoms with Crippen molar-refractivity contribution in [3.8, 4) is 0 Å². The Balaban J connectivity index is 2.42. The van der Waals surface area contributed by atoms with Crippen molar-refractivity contribution in [1.82, 2.24) is 5.32 Å². The van der Waals surface area contributed by atoms with Gasteiger partial charge in [0, 0.05) is 5.41 Å². The molecule has 5 heteroatoms. The van der Waals surface area contributed by atoms with Gasteiger partial charge in [-0.25, -0.2) is 0 Å². The van der Waals surface area contributed by atoms with Crippen LogP contribution in [0.1, 0.15) is 39.0 Å². The molecule has 1 aliphatic rings. The lowest BCUT2D eigenvalue weighted by molar-refractivity contribution is -0.133. The second kappa shape index (κ2) is 5.30. The fraction of sp³-hybridized carbons (Fsp3) is 0.818. The normalized spacial score (nSPS) is 21.1. The first-order valence-corrected chi connectivity index (χ1v) is 5.71. The van der Waals surface area contributed by atoms with E-state index >= 15 is 0 Å². The standard InChI is InChI=1S/C11H20N2O3/c1-11(5-3-2-4-6-11)10(16)13-7-8(14)9(12)15/h8,14H,2-7H2,1H3,(H2,12,15)(H,13,16). The van der Waals surface area contributed by atoms with Gasteiger partial charge < -0.3 is 16.2 Å². The van der Waals surface area contributed by atoms with Crippen LogP contribution in [-0.4, -0.2) is 29.6 Å². The molecule has 1 saturated carbocycles. The fourth-order valence-electron chi connectivity index (χ4n) is 2.06. The van der Waals surface area contributed by atoms with Crippen LogP contribution in [0, 0.1) is 5.41 Å². The number of hydrogen-bond acceptors (Lipinski definition) is 3.